The second-order valence-corrected chi connectivity index (χ2v) is 9.10. The van der Waals surface area contributed by atoms with Gasteiger partial charge >= 0.3 is 5.97 Å². The molecule has 0 bridgehead atoms. The summed E-state index contributed by atoms with van der Waals surface area (Å²) in [6, 6.07) is 8.59. The van der Waals surface area contributed by atoms with Crippen molar-refractivity contribution in [3.8, 4) is 5.75 Å². The van der Waals surface area contributed by atoms with E-state index >= 15 is 0 Å². The Bertz CT molecular complexity index is 1190. The molecule has 0 aliphatic rings. The van der Waals surface area contributed by atoms with Crippen LogP contribution in [0.15, 0.2) is 42.6 Å². The molecule has 1 aromatic heterocycles. The van der Waals surface area contributed by atoms with E-state index in [1.54, 1.807) is 18.2 Å². The molecule has 29 heavy (non-hydrogen) atoms. The number of sulfonamides is 1. The summed E-state index contributed by atoms with van der Waals surface area (Å²) in [6.07, 6.45) is 1.85. The number of halogens is 1. The van der Waals surface area contributed by atoms with E-state index in [4.69, 9.17) is 0 Å². The van der Waals surface area contributed by atoms with Crippen molar-refractivity contribution in [3.05, 3.63) is 65.1 Å². The molecule has 0 spiro atoms. The van der Waals surface area contributed by atoms with Crippen molar-refractivity contribution in [1.82, 2.24) is 4.98 Å². The van der Waals surface area contributed by atoms with Crippen LogP contribution >= 0.6 is 0 Å². The van der Waals surface area contributed by atoms with Crippen molar-refractivity contribution >= 4 is 32.6 Å². The van der Waals surface area contributed by atoms with Crippen LogP contribution < -0.4 is 4.72 Å². The number of nitrogens with zero attached hydrogens (tertiary/aromatic N) is 1. The highest BCUT2D eigenvalue weighted by Crippen LogP contribution is 2.35. The third-order valence-electron chi connectivity index (χ3n) is 4.43. The summed E-state index contributed by atoms with van der Waals surface area (Å²) in [7, 11) is -3.77. The second-order valence-electron chi connectivity index (χ2n) is 6.86. The van der Waals surface area contributed by atoms with Gasteiger partial charge in [-0.2, -0.15) is 0 Å². The fourth-order valence-electron chi connectivity index (χ4n) is 2.77. The molecule has 0 saturated heterocycles. The van der Waals surface area contributed by atoms with Crippen molar-refractivity contribution in [3.63, 3.8) is 0 Å². The maximum absolute atomic E-state index is 13.1. The van der Waals surface area contributed by atoms with Crippen LogP contribution in [-0.2, 0) is 16.4 Å². The fourth-order valence-corrected chi connectivity index (χ4v) is 3.48. The van der Waals surface area contributed by atoms with Crippen molar-refractivity contribution in [2.45, 2.75) is 25.5 Å². The van der Waals surface area contributed by atoms with Gasteiger partial charge in [-0.3, -0.25) is 9.71 Å². The molecule has 152 valence electrons. The standard InChI is InChI=1S/C20H19FN2O5S/c1-11(2)29(27,28)23-17-9-16(20(25)26)19(24)18-15(17)8-13(10-22-18)7-12-3-5-14(21)6-4-12/h3-6,8-11,23-24H,7H2,1-2H3,(H,25,26). The Balaban J connectivity index is 2.15. The van der Waals surface area contributed by atoms with Crippen LogP contribution in [0.3, 0.4) is 0 Å². The number of nitrogens with one attached hydrogen (secondary N) is 1. The number of carboxylic acids is 1. The summed E-state index contributed by atoms with van der Waals surface area (Å²) in [5, 5.41) is 19.1. The zero-order valence-corrected chi connectivity index (χ0v) is 16.5. The zero-order valence-electron chi connectivity index (χ0n) is 15.7. The van der Waals surface area contributed by atoms with E-state index in [-0.39, 0.29) is 22.4 Å². The van der Waals surface area contributed by atoms with E-state index in [9.17, 15) is 27.8 Å². The number of anilines is 1. The first-order valence-electron chi connectivity index (χ1n) is 8.72. The third-order valence-corrected chi connectivity index (χ3v) is 6.17. The minimum Gasteiger partial charge on any atom is -0.505 e. The van der Waals surface area contributed by atoms with Crippen molar-refractivity contribution < 1.29 is 27.8 Å². The summed E-state index contributed by atoms with van der Waals surface area (Å²) >= 11 is 0. The van der Waals surface area contributed by atoms with Crippen LogP contribution in [0, 0.1) is 5.82 Å². The summed E-state index contributed by atoms with van der Waals surface area (Å²) in [4.78, 5) is 15.6. The summed E-state index contributed by atoms with van der Waals surface area (Å²) in [6.45, 7) is 2.97. The van der Waals surface area contributed by atoms with Gasteiger partial charge in [0.15, 0.2) is 5.75 Å². The molecule has 0 amide bonds. The fraction of sp³-hybridized carbons (Fsp3) is 0.200. The molecule has 0 aliphatic carbocycles. The molecule has 0 saturated carbocycles. The highest BCUT2D eigenvalue weighted by molar-refractivity contribution is 7.93. The van der Waals surface area contributed by atoms with Crippen LogP contribution in [0.2, 0.25) is 0 Å². The quantitative estimate of drug-likeness (QED) is 0.528. The molecule has 0 radical (unpaired) electrons. The molecule has 1 heterocycles. The van der Waals surface area contributed by atoms with E-state index < -0.39 is 32.6 Å². The Morgan fingerprint density at radius 1 is 1.17 bits per heavy atom. The number of pyridine rings is 1. The molecule has 0 atom stereocenters. The monoisotopic (exact) mass is 418 g/mol. The lowest BCUT2D eigenvalue weighted by Gasteiger charge is -2.15. The third kappa shape index (κ3) is 4.29. The molecule has 0 fully saturated rings. The van der Waals surface area contributed by atoms with Crippen LogP contribution in [0.1, 0.15) is 35.3 Å². The number of benzene rings is 2. The lowest BCUT2D eigenvalue weighted by molar-refractivity contribution is 0.0694. The van der Waals surface area contributed by atoms with Gasteiger partial charge in [0.25, 0.3) is 0 Å². The Morgan fingerprint density at radius 2 is 1.83 bits per heavy atom. The average molecular weight is 418 g/mol. The normalized spacial score (nSPS) is 11.7. The van der Waals surface area contributed by atoms with Gasteiger partial charge in [0, 0.05) is 11.6 Å². The zero-order chi connectivity index (χ0) is 21.3. The Labute approximate surface area is 166 Å². The predicted molar refractivity (Wildman–Crippen MR) is 107 cm³/mol. The largest absolute Gasteiger partial charge is 0.505 e. The van der Waals surface area contributed by atoms with Gasteiger partial charge in [-0.1, -0.05) is 12.1 Å². The number of carboxylic acid groups (broad SMARTS) is 1. The van der Waals surface area contributed by atoms with Crippen LogP contribution in [0.5, 0.6) is 5.75 Å². The Morgan fingerprint density at radius 3 is 2.41 bits per heavy atom. The first-order chi connectivity index (χ1) is 13.6. The summed E-state index contributed by atoms with van der Waals surface area (Å²) in [5.74, 6) is -2.32. The SMILES string of the molecule is CC(C)S(=O)(=O)Nc1cc(C(=O)O)c(O)c2ncc(Cc3ccc(F)cc3)cc12. The summed E-state index contributed by atoms with van der Waals surface area (Å²) < 4.78 is 40.2. The van der Waals surface area contributed by atoms with Gasteiger partial charge in [-0.05, 0) is 55.7 Å². The Kier molecular flexibility index (Phi) is 5.43. The van der Waals surface area contributed by atoms with E-state index in [1.165, 1.54) is 32.2 Å². The number of aromatic carboxylic acids is 1. The first kappa shape index (κ1) is 20.5. The number of hydrogen-bond donors (Lipinski definition) is 3. The van der Waals surface area contributed by atoms with Crippen molar-refractivity contribution in [2.24, 2.45) is 0 Å². The predicted octanol–water partition coefficient (Wildman–Crippen LogP) is 3.52. The molecule has 2 aromatic carbocycles. The van der Waals surface area contributed by atoms with Gasteiger partial charge < -0.3 is 10.2 Å². The average Bonchev–Trinajstić information content (AvgIpc) is 2.65. The number of carbonyl (C=O) groups is 1. The van der Waals surface area contributed by atoms with E-state index in [1.807, 2.05) is 0 Å². The molecular formula is C20H19FN2O5S. The maximum atomic E-state index is 13.1. The second kappa shape index (κ2) is 7.67. The first-order valence-corrected chi connectivity index (χ1v) is 10.3. The van der Waals surface area contributed by atoms with Gasteiger partial charge in [0.1, 0.15) is 16.9 Å². The molecular weight excluding hydrogens is 399 g/mol. The smallest absolute Gasteiger partial charge is 0.339 e. The van der Waals surface area contributed by atoms with E-state index in [2.05, 4.69) is 9.71 Å². The van der Waals surface area contributed by atoms with Gasteiger partial charge in [0.05, 0.1) is 10.9 Å². The minimum atomic E-state index is -3.77. The molecule has 3 rings (SSSR count). The van der Waals surface area contributed by atoms with Crippen molar-refractivity contribution in [2.75, 3.05) is 4.72 Å². The van der Waals surface area contributed by atoms with Crippen LogP contribution in [0.25, 0.3) is 10.9 Å². The highest BCUT2D eigenvalue weighted by Gasteiger charge is 2.22. The number of phenols is 1. The lowest BCUT2D eigenvalue weighted by Crippen LogP contribution is -2.23. The molecule has 7 nitrogen and oxygen atoms in total. The van der Waals surface area contributed by atoms with Gasteiger partial charge in [-0.15, -0.1) is 0 Å². The van der Waals surface area contributed by atoms with Crippen molar-refractivity contribution in [1.29, 1.82) is 0 Å². The van der Waals surface area contributed by atoms with Gasteiger partial charge in [-0.25, -0.2) is 17.6 Å². The number of fused-ring (bicyclic) bond motifs is 1. The number of aromatic nitrogens is 1. The molecule has 3 aromatic rings. The molecule has 3 N–H and O–H groups in total. The van der Waals surface area contributed by atoms with E-state index in [0.717, 1.165) is 11.6 Å². The molecule has 9 heteroatoms. The molecule has 0 unspecified atom stereocenters. The number of rotatable bonds is 6. The topological polar surface area (TPSA) is 117 Å². The van der Waals surface area contributed by atoms with Crippen LogP contribution in [-0.4, -0.2) is 34.8 Å². The molecule has 0 aliphatic heterocycles. The number of hydrogen-bond acceptors (Lipinski definition) is 5. The highest BCUT2D eigenvalue weighted by atomic mass is 32.2. The van der Waals surface area contributed by atoms with Gasteiger partial charge in [0.2, 0.25) is 10.0 Å². The number of aromatic hydroxyl groups is 1. The van der Waals surface area contributed by atoms with Crippen LogP contribution in [0.4, 0.5) is 10.1 Å². The lowest BCUT2D eigenvalue weighted by atomic mass is 10.0. The summed E-state index contributed by atoms with van der Waals surface area (Å²) in [5.41, 5.74) is 1.00. The van der Waals surface area contributed by atoms with E-state index in [0.29, 0.717) is 12.0 Å². The Hall–Kier alpha value is -3.20. The minimum absolute atomic E-state index is 0.0114. The maximum Gasteiger partial charge on any atom is 0.339 e.